The zero-order chi connectivity index (χ0) is 9.97. The Morgan fingerprint density at radius 1 is 1.29 bits per heavy atom. The van der Waals surface area contributed by atoms with Gasteiger partial charge in [-0.3, -0.25) is 4.98 Å². The Hall–Kier alpha value is -1.65. The number of nitrogens with zero attached hydrogens (tertiary/aromatic N) is 1. The number of phenolic OH excluding ortho intramolecular Hbond substituents is 1. The molecule has 14 heavy (non-hydrogen) atoms. The van der Waals surface area contributed by atoms with Gasteiger partial charge in [-0.2, -0.15) is 0 Å². The maximum Gasteiger partial charge on any atom is 0.141 e. The van der Waals surface area contributed by atoms with Gasteiger partial charge in [0.1, 0.15) is 11.3 Å². The number of phenols is 1. The third-order valence-corrected chi connectivity index (χ3v) is 2.11. The Morgan fingerprint density at radius 2 is 2.14 bits per heavy atom. The van der Waals surface area contributed by atoms with Gasteiger partial charge in [0, 0.05) is 18.1 Å². The largest absolute Gasteiger partial charge is 0.506 e. The Kier molecular flexibility index (Phi) is 2.30. The normalized spacial score (nSPS) is 10.6. The van der Waals surface area contributed by atoms with E-state index in [0.717, 1.165) is 10.9 Å². The quantitative estimate of drug-likeness (QED) is 0.626. The fourth-order valence-corrected chi connectivity index (χ4v) is 1.46. The summed E-state index contributed by atoms with van der Waals surface area (Å²) in [5.41, 5.74) is 3.54. The van der Waals surface area contributed by atoms with Crippen LogP contribution in [0.2, 0.25) is 0 Å². The lowest BCUT2D eigenvalue weighted by Crippen LogP contribution is -2.06. The van der Waals surface area contributed by atoms with Crippen LogP contribution >= 0.6 is 0 Å². The molecular weight excluding hydrogens is 180 g/mol. The van der Waals surface area contributed by atoms with Gasteiger partial charge in [0.15, 0.2) is 0 Å². The highest BCUT2D eigenvalue weighted by molar-refractivity contribution is 5.87. The molecular formula is C10H10N2O2. The van der Waals surface area contributed by atoms with Gasteiger partial charge in [-0.05, 0) is 17.7 Å². The van der Waals surface area contributed by atoms with Crippen LogP contribution in [0.1, 0.15) is 5.56 Å². The molecule has 3 N–H and O–H groups in total. The maximum absolute atomic E-state index is 9.52. The Morgan fingerprint density at radius 3 is 2.93 bits per heavy atom. The van der Waals surface area contributed by atoms with Gasteiger partial charge in [0.2, 0.25) is 0 Å². The molecule has 0 amide bonds. The van der Waals surface area contributed by atoms with Crippen molar-refractivity contribution in [2.24, 2.45) is 0 Å². The number of aromatic nitrogens is 1. The summed E-state index contributed by atoms with van der Waals surface area (Å²) in [5, 5.41) is 19.0. The van der Waals surface area contributed by atoms with E-state index >= 15 is 0 Å². The molecule has 0 unspecified atom stereocenters. The van der Waals surface area contributed by atoms with Crippen molar-refractivity contribution in [2.75, 3.05) is 0 Å². The minimum Gasteiger partial charge on any atom is -0.506 e. The average Bonchev–Trinajstić information content (AvgIpc) is 2.23. The zero-order valence-corrected chi connectivity index (χ0v) is 7.44. The summed E-state index contributed by atoms with van der Waals surface area (Å²) in [4.78, 5) is 4.06. The van der Waals surface area contributed by atoms with Gasteiger partial charge in [-0.25, -0.2) is 5.48 Å². The van der Waals surface area contributed by atoms with Crippen molar-refractivity contribution >= 4 is 10.9 Å². The first-order valence-electron chi connectivity index (χ1n) is 4.25. The molecule has 1 aromatic carbocycles. The minimum absolute atomic E-state index is 0.155. The first kappa shape index (κ1) is 8.93. The number of nitrogens with one attached hydrogen (secondary N) is 1. The zero-order valence-electron chi connectivity index (χ0n) is 7.44. The summed E-state index contributed by atoms with van der Waals surface area (Å²) >= 11 is 0. The SMILES string of the molecule is ONCc1ccc(O)c2ncccc12. The maximum atomic E-state index is 9.52. The summed E-state index contributed by atoms with van der Waals surface area (Å²) in [7, 11) is 0. The molecule has 0 aliphatic carbocycles. The van der Waals surface area contributed by atoms with Crippen LogP contribution in [0.25, 0.3) is 10.9 Å². The van der Waals surface area contributed by atoms with Crippen molar-refractivity contribution in [2.45, 2.75) is 6.54 Å². The topological polar surface area (TPSA) is 65.4 Å². The molecule has 0 aliphatic heterocycles. The van der Waals surface area contributed by atoms with Crippen molar-refractivity contribution < 1.29 is 10.3 Å². The number of rotatable bonds is 2. The highest BCUT2D eigenvalue weighted by atomic mass is 16.5. The van der Waals surface area contributed by atoms with E-state index in [2.05, 4.69) is 10.5 Å². The third kappa shape index (κ3) is 1.41. The van der Waals surface area contributed by atoms with Crippen molar-refractivity contribution in [3.8, 4) is 5.75 Å². The highest BCUT2D eigenvalue weighted by Gasteiger charge is 2.04. The fourth-order valence-electron chi connectivity index (χ4n) is 1.46. The lowest BCUT2D eigenvalue weighted by atomic mass is 10.1. The first-order chi connectivity index (χ1) is 6.83. The Balaban J connectivity index is 2.68. The van der Waals surface area contributed by atoms with Crippen molar-refractivity contribution in [1.82, 2.24) is 10.5 Å². The van der Waals surface area contributed by atoms with Crippen molar-refractivity contribution in [1.29, 1.82) is 0 Å². The van der Waals surface area contributed by atoms with Crippen LogP contribution in [0.5, 0.6) is 5.75 Å². The lowest BCUT2D eigenvalue weighted by molar-refractivity contribution is 0.161. The molecule has 0 saturated carbocycles. The van der Waals surface area contributed by atoms with Gasteiger partial charge in [-0.15, -0.1) is 0 Å². The molecule has 0 bridgehead atoms. The van der Waals surface area contributed by atoms with Gasteiger partial charge in [0.25, 0.3) is 0 Å². The van der Waals surface area contributed by atoms with E-state index in [1.54, 1.807) is 24.4 Å². The number of hydroxylamine groups is 1. The van der Waals surface area contributed by atoms with Gasteiger partial charge in [-0.1, -0.05) is 12.1 Å². The Labute approximate surface area is 80.8 Å². The van der Waals surface area contributed by atoms with E-state index in [4.69, 9.17) is 5.21 Å². The lowest BCUT2D eigenvalue weighted by Gasteiger charge is -2.05. The molecule has 2 rings (SSSR count). The number of benzene rings is 1. The molecule has 0 saturated heterocycles. The highest BCUT2D eigenvalue weighted by Crippen LogP contribution is 2.24. The summed E-state index contributed by atoms with van der Waals surface area (Å²) in [6, 6.07) is 6.97. The second-order valence-corrected chi connectivity index (χ2v) is 2.98. The second-order valence-electron chi connectivity index (χ2n) is 2.98. The summed E-state index contributed by atoms with van der Waals surface area (Å²) < 4.78 is 0. The molecule has 0 radical (unpaired) electrons. The van der Waals surface area contributed by atoms with Gasteiger partial charge >= 0.3 is 0 Å². The predicted molar refractivity (Wildman–Crippen MR) is 52.0 cm³/mol. The second kappa shape index (κ2) is 3.61. The van der Waals surface area contributed by atoms with Crippen LogP contribution in [-0.2, 0) is 6.54 Å². The van der Waals surface area contributed by atoms with Crippen LogP contribution in [0.3, 0.4) is 0 Å². The standard InChI is InChI=1S/C10H10N2O2/c13-9-4-3-7(6-12-14)8-2-1-5-11-10(8)9/h1-5,12-14H,6H2. The number of aromatic hydroxyl groups is 1. The summed E-state index contributed by atoms with van der Waals surface area (Å²) in [5.74, 6) is 0.155. The molecule has 72 valence electrons. The van der Waals surface area contributed by atoms with E-state index in [9.17, 15) is 5.11 Å². The molecule has 0 fully saturated rings. The van der Waals surface area contributed by atoms with E-state index in [1.165, 1.54) is 0 Å². The van der Waals surface area contributed by atoms with Crippen molar-refractivity contribution in [3.05, 3.63) is 36.0 Å². The molecule has 4 heteroatoms. The number of hydrogen-bond donors (Lipinski definition) is 3. The average molecular weight is 190 g/mol. The van der Waals surface area contributed by atoms with E-state index in [-0.39, 0.29) is 5.75 Å². The first-order valence-corrected chi connectivity index (χ1v) is 4.25. The van der Waals surface area contributed by atoms with Gasteiger partial charge < -0.3 is 10.3 Å². The third-order valence-electron chi connectivity index (χ3n) is 2.11. The van der Waals surface area contributed by atoms with Crippen LogP contribution < -0.4 is 5.48 Å². The summed E-state index contributed by atoms with van der Waals surface area (Å²) in [6.45, 7) is 0.336. The monoisotopic (exact) mass is 190 g/mol. The molecule has 1 aromatic heterocycles. The van der Waals surface area contributed by atoms with Crippen LogP contribution in [0.15, 0.2) is 30.5 Å². The van der Waals surface area contributed by atoms with E-state index in [1.807, 2.05) is 6.07 Å². The number of pyridine rings is 1. The number of fused-ring (bicyclic) bond motifs is 1. The Bertz CT molecular complexity index is 457. The van der Waals surface area contributed by atoms with Gasteiger partial charge in [0.05, 0.1) is 0 Å². The smallest absolute Gasteiger partial charge is 0.141 e. The molecule has 0 spiro atoms. The molecule has 0 atom stereocenters. The number of hydrogen-bond acceptors (Lipinski definition) is 4. The summed E-state index contributed by atoms with van der Waals surface area (Å²) in [6.07, 6.45) is 1.62. The van der Waals surface area contributed by atoms with E-state index < -0.39 is 0 Å². The predicted octanol–water partition coefficient (Wildman–Crippen LogP) is 1.42. The molecule has 0 aliphatic rings. The fraction of sp³-hybridized carbons (Fsp3) is 0.100. The van der Waals surface area contributed by atoms with Crippen molar-refractivity contribution in [3.63, 3.8) is 0 Å². The molecule has 2 aromatic rings. The van der Waals surface area contributed by atoms with E-state index in [0.29, 0.717) is 12.1 Å². The molecule has 4 nitrogen and oxygen atoms in total. The van der Waals surface area contributed by atoms with Crippen LogP contribution in [0, 0.1) is 0 Å². The van der Waals surface area contributed by atoms with Crippen LogP contribution in [0.4, 0.5) is 0 Å². The minimum atomic E-state index is 0.155. The van der Waals surface area contributed by atoms with Crippen LogP contribution in [-0.4, -0.2) is 15.3 Å². The molecule has 1 heterocycles.